The zero-order valence-corrected chi connectivity index (χ0v) is 10.3. The molecular weight excluding hydrogens is 226 g/mol. The van der Waals surface area contributed by atoms with Crippen molar-refractivity contribution in [2.75, 3.05) is 0 Å². The van der Waals surface area contributed by atoms with Gasteiger partial charge in [-0.1, -0.05) is 37.3 Å². The highest BCUT2D eigenvalue weighted by Gasteiger charge is 2.11. The van der Waals surface area contributed by atoms with Gasteiger partial charge in [-0.15, -0.1) is 0 Å². The molecule has 0 aliphatic carbocycles. The van der Waals surface area contributed by atoms with E-state index in [4.69, 9.17) is 4.74 Å². The van der Waals surface area contributed by atoms with Crippen LogP contribution < -0.4 is 4.74 Å². The van der Waals surface area contributed by atoms with Gasteiger partial charge in [-0.05, 0) is 17.7 Å². The van der Waals surface area contributed by atoms with Crippen LogP contribution in [-0.2, 0) is 6.61 Å². The molecule has 0 aliphatic rings. The molecule has 2 rings (SSSR count). The van der Waals surface area contributed by atoms with Gasteiger partial charge in [0, 0.05) is 12.6 Å². The number of nitrogens with zero attached hydrogens (tertiary/aromatic N) is 1. The summed E-state index contributed by atoms with van der Waals surface area (Å²) >= 11 is 0. The van der Waals surface area contributed by atoms with Crippen LogP contribution in [0.2, 0.25) is 0 Å². The van der Waals surface area contributed by atoms with Gasteiger partial charge in [0.05, 0.1) is 5.56 Å². The molecule has 0 unspecified atom stereocenters. The quantitative estimate of drug-likeness (QED) is 0.754. The molecule has 0 aliphatic heterocycles. The average molecular weight is 241 g/mol. The first-order valence-corrected chi connectivity index (χ1v) is 5.96. The molecule has 1 aromatic carbocycles. The van der Waals surface area contributed by atoms with Crippen molar-refractivity contribution in [3.05, 3.63) is 59.8 Å². The van der Waals surface area contributed by atoms with E-state index >= 15 is 0 Å². The van der Waals surface area contributed by atoms with Gasteiger partial charge in [-0.3, -0.25) is 4.79 Å². The molecule has 0 atom stereocenters. The summed E-state index contributed by atoms with van der Waals surface area (Å²) in [6.45, 7) is 2.25. The number of aromatic nitrogens is 1. The highest BCUT2D eigenvalue weighted by Crippen LogP contribution is 2.17. The summed E-state index contributed by atoms with van der Waals surface area (Å²) in [5.74, 6) is 0.458. The first kappa shape index (κ1) is 12.3. The van der Waals surface area contributed by atoms with E-state index in [9.17, 15) is 4.79 Å². The molecule has 0 saturated carbocycles. The third kappa shape index (κ3) is 2.94. The number of hydrogen-bond acceptors (Lipinski definition) is 3. The van der Waals surface area contributed by atoms with E-state index < -0.39 is 0 Å². The van der Waals surface area contributed by atoms with Gasteiger partial charge in [0.2, 0.25) is 5.88 Å². The molecule has 3 nitrogen and oxygen atoms in total. The van der Waals surface area contributed by atoms with Gasteiger partial charge >= 0.3 is 0 Å². The van der Waals surface area contributed by atoms with Crippen LogP contribution in [0.1, 0.15) is 29.3 Å². The fraction of sp³-hybridized carbons (Fsp3) is 0.200. The Morgan fingerprint density at radius 2 is 1.94 bits per heavy atom. The normalized spacial score (nSPS) is 10.1. The maximum Gasteiger partial charge on any atom is 0.224 e. The topological polar surface area (TPSA) is 39.2 Å². The number of hydrogen-bond donors (Lipinski definition) is 0. The summed E-state index contributed by atoms with van der Waals surface area (Å²) in [6, 6.07) is 13.3. The Morgan fingerprint density at radius 3 is 2.67 bits per heavy atom. The smallest absolute Gasteiger partial charge is 0.224 e. The van der Waals surface area contributed by atoms with E-state index in [-0.39, 0.29) is 5.78 Å². The van der Waals surface area contributed by atoms with E-state index in [2.05, 4.69) is 4.98 Å². The van der Waals surface area contributed by atoms with E-state index in [1.807, 2.05) is 37.3 Å². The zero-order valence-electron chi connectivity index (χ0n) is 10.3. The minimum absolute atomic E-state index is 0.0474. The Hall–Kier alpha value is -2.16. The molecule has 0 bridgehead atoms. The van der Waals surface area contributed by atoms with E-state index in [1.54, 1.807) is 18.3 Å². The first-order chi connectivity index (χ1) is 8.81. The predicted octanol–water partition coefficient (Wildman–Crippen LogP) is 3.25. The molecule has 2 aromatic rings. The maximum absolute atomic E-state index is 11.7. The van der Waals surface area contributed by atoms with Crippen LogP contribution in [0.25, 0.3) is 0 Å². The van der Waals surface area contributed by atoms with E-state index in [0.717, 1.165) is 5.56 Å². The van der Waals surface area contributed by atoms with Crippen molar-refractivity contribution in [1.82, 2.24) is 4.98 Å². The molecule has 3 heteroatoms. The fourth-order valence-corrected chi connectivity index (χ4v) is 1.63. The average Bonchev–Trinajstić information content (AvgIpc) is 2.45. The number of rotatable bonds is 5. The lowest BCUT2D eigenvalue weighted by Gasteiger charge is -2.08. The van der Waals surface area contributed by atoms with Gasteiger partial charge in [0.1, 0.15) is 6.61 Å². The summed E-state index contributed by atoms with van der Waals surface area (Å²) in [7, 11) is 0. The van der Waals surface area contributed by atoms with Crippen molar-refractivity contribution in [3.8, 4) is 5.88 Å². The largest absolute Gasteiger partial charge is 0.472 e. The third-order valence-electron chi connectivity index (χ3n) is 2.61. The second-order valence-corrected chi connectivity index (χ2v) is 3.91. The number of ketones is 1. The van der Waals surface area contributed by atoms with Crippen LogP contribution in [0.3, 0.4) is 0 Å². The van der Waals surface area contributed by atoms with Crippen LogP contribution in [0.4, 0.5) is 0 Å². The minimum atomic E-state index is 0.0474. The summed E-state index contributed by atoms with van der Waals surface area (Å²) in [5, 5.41) is 0. The molecule has 0 amide bonds. The first-order valence-electron chi connectivity index (χ1n) is 5.96. The van der Waals surface area contributed by atoms with Crippen molar-refractivity contribution in [3.63, 3.8) is 0 Å². The lowest BCUT2D eigenvalue weighted by molar-refractivity contribution is 0.0982. The van der Waals surface area contributed by atoms with Crippen molar-refractivity contribution in [1.29, 1.82) is 0 Å². The van der Waals surface area contributed by atoms with Gasteiger partial charge in [-0.2, -0.15) is 0 Å². The number of ether oxygens (including phenoxy) is 1. The van der Waals surface area contributed by atoms with Crippen molar-refractivity contribution < 1.29 is 9.53 Å². The summed E-state index contributed by atoms with van der Waals surface area (Å²) in [5.41, 5.74) is 1.61. The highest BCUT2D eigenvalue weighted by atomic mass is 16.5. The predicted molar refractivity (Wildman–Crippen MR) is 69.6 cm³/mol. The van der Waals surface area contributed by atoms with Crippen LogP contribution in [0.15, 0.2) is 48.7 Å². The van der Waals surface area contributed by atoms with Crippen LogP contribution in [-0.4, -0.2) is 10.8 Å². The lowest BCUT2D eigenvalue weighted by atomic mass is 10.1. The van der Waals surface area contributed by atoms with Gasteiger partial charge < -0.3 is 4.74 Å². The molecular formula is C15H15NO2. The van der Waals surface area contributed by atoms with Crippen molar-refractivity contribution >= 4 is 5.78 Å². The van der Waals surface area contributed by atoms with Gasteiger partial charge in [-0.25, -0.2) is 4.98 Å². The Labute approximate surface area is 106 Å². The number of carbonyl (C=O) groups excluding carboxylic acids is 1. The Bertz CT molecular complexity index is 523. The molecule has 92 valence electrons. The maximum atomic E-state index is 11.7. The lowest BCUT2D eigenvalue weighted by Crippen LogP contribution is -2.04. The molecule has 18 heavy (non-hydrogen) atoms. The zero-order chi connectivity index (χ0) is 12.8. The molecule has 0 radical (unpaired) electrons. The number of carbonyl (C=O) groups is 1. The Kier molecular flexibility index (Phi) is 4.07. The summed E-state index contributed by atoms with van der Waals surface area (Å²) in [4.78, 5) is 15.8. The molecule has 0 spiro atoms. The summed E-state index contributed by atoms with van der Waals surface area (Å²) in [6.07, 6.45) is 2.08. The van der Waals surface area contributed by atoms with Crippen molar-refractivity contribution in [2.24, 2.45) is 0 Å². The highest BCUT2D eigenvalue weighted by molar-refractivity contribution is 5.97. The van der Waals surface area contributed by atoms with Gasteiger partial charge in [0.25, 0.3) is 0 Å². The third-order valence-corrected chi connectivity index (χ3v) is 2.61. The molecule has 0 N–H and O–H groups in total. The molecule has 0 saturated heterocycles. The van der Waals surface area contributed by atoms with Crippen LogP contribution in [0, 0.1) is 0 Å². The number of benzene rings is 1. The second kappa shape index (κ2) is 5.96. The Balaban J connectivity index is 2.12. The summed E-state index contributed by atoms with van der Waals surface area (Å²) < 4.78 is 5.61. The minimum Gasteiger partial charge on any atom is -0.472 e. The van der Waals surface area contributed by atoms with E-state index in [1.165, 1.54) is 0 Å². The van der Waals surface area contributed by atoms with E-state index in [0.29, 0.717) is 24.5 Å². The number of Topliss-reactive ketones (excluding diaryl/α,β-unsaturated/α-hetero) is 1. The van der Waals surface area contributed by atoms with Crippen LogP contribution in [0.5, 0.6) is 5.88 Å². The fourth-order valence-electron chi connectivity index (χ4n) is 1.63. The Morgan fingerprint density at radius 1 is 1.17 bits per heavy atom. The SMILES string of the molecule is CCC(=O)c1cccnc1OCc1ccccc1. The second-order valence-electron chi connectivity index (χ2n) is 3.91. The monoisotopic (exact) mass is 241 g/mol. The van der Waals surface area contributed by atoms with Crippen molar-refractivity contribution in [2.45, 2.75) is 20.0 Å². The molecule has 0 fully saturated rings. The van der Waals surface area contributed by atoms with Gasteiger partial charge in [0.15, 0.2) is 5.78 Å². The van der Waals surface area contributed by atoms with Crippen LogP contribution >= 0.6 is 0 Å². The number of pyridine rings is 1. The standard InChI is InChI=1S/C15H15NO2/c1-2-14(17)13-9-6-10-16-15(13)18-11-12-7-4-3-5-8-12/h3-10H,2,11H2,1H3. The molecule has 1 heterocycles. The molecule has 1 aromatic heterocycles.